The number of carbonyl (C=O) groups is 1. The van der Waals surface area contributed by atoms with E-state index < -0.39 is 27.9 Å². The van der Waals surface area contributed by atoms with Crippen LogP contribution >= 0.6 is 0 Å². The maximum atomic E-state index is 13.0. The van der Waals surface area contributed by atoms with Crippen LogP contribution in [-0.4, -0.2) is 25.5 Å². The second-order valence-electron chi connectivity index (χ2n) is 3.65. The summed E-state index contributed by atoms with van der Waals surface area (Å²) in [5.74, 6) is -1.99. The minimum Gasteiger partial charge on any atom is -0.480 e. The van der Waals surface area contributed by atoms with Crippen molar-refractivity contribution in [2.24, 2.45) is 0 Å². The van der Waals surface area contributed by atoms with Gasteiger partial charge in [0.05, 0.1) is 4.90 Å². The normalized spacial score (nSPS) is 13.4. The van der Waals surface area contributed by atoms with E-state index in [0.717, 1.165) is 6.07 Å². The SMILES string of the molecule is Cc1cc(F)cc(S(=O)(=O)NC(C)C(=O)O)c1. The topological polar surface area (TPSA) is 83.5 Å². The van der Waals surface area contributed by atoms with Crippen LogP contribution in [0.5, 0.6) is 0 Å². The Hall–Kier alpha value is -1.47. The summed E-state index contributed by atoms with van der Waals surface area (Å²) in [6.07, 6.45) is 0. The van der Waals surface area contributed by atoms with Gasteiger partial charge in [-0.15, -0.1) is 0 Å². The predicted molar refractivity (Wildman–Crippen MR) is 58.6 cm³/mol. The lowest BCUT2D eigenvalue weighted by atomic mass is 10.2. The smallest absolute Gasteiger partial charge is 0.321 e. The maximum Gasteiger partial charge on any atom is 0.321 e. The highest BCUT2D eigenvalue weighted by Gasteiger charge is 2.22. The highest BCUT2D eigenvalue weighted by atomic mass is 32.2. The molecular formula is C10H12FNO4S. The molecule has 0 heterocycles. The van der Waals surface area contributed by atoms with Gasteiger partial charge in [-0.05, 0) is 37.6 Å². The number of aliphatic carboxylic acids is 1. The van der Waals surface area contributed by atoms with Crippen LogP contribution in [0.4, 0.5) is 4.39 Å². The van der Waals surface area contributed by atoms with Crippen molar-refractivity contribution in [2.45, 2.75) is 24.8 Å². The van der Waals surface area contributed by atoms with Crippen LogP contribution in [0, 0.1) is 12.7 Å². The number of benzene rings is 1. The van der Waals surface area contributed by atoms with Gasteiger partial charge in [0.15, 0.2) is 0 Å². The van der Waals surface area contributed by atoms with Crippen LogP contribution in [0.3, 0.4) is 0 Å². The van der Waals surface area contributed by atoms with E-state index in [2.05, 4.69) is 0 Å². The third-order valence-electron chi connectivity index (χ3n) is 2.03. The molecule has 0 aliphatic rings. The van der Waals surface area contributed by atoms with Crippen LogP contribution in [-0.2, 0) is 14.8 Å². The zero-order chi connectivity index (χ0) is 13.2. The number of halogens is 1. The molecule has 1 unspecified atom stereocenters. The van der Waals surface area contributed by atoms with Gasteiger partial charge in [0, 0.05) is 0 Å². The average Bonchev–Trinajstić information content (AvgIpc) is 2.15. The van der Waals surface area contributed by atoms with Gasteiger partial charge >= 0.3 is 5.97 Å². The highest BCUT2D eigenvalue weighted by Crippen LogP contribution is 2.14. The van der Waals surface area contributed by atoms with Crippen molar-refractivity contribution in [3.63, 3.8) is 0 Å². The number of nitrogens with one attached hydrogen (secondary N) is 1. The van der Waals surface area contributed by atoms with Crippen LogP contribution < -0.4 is 4.72 Å². The van der Waals surface area contributed by atoms with Crippen molar-refractivity contribution in [1.82, 2.24) is 4.72 Å². The van der Waals surface area contributed by atoms with Gasteiger partial charge in [-0.2, -0.15) is 4.72 Å². The monoisotopic (exact) mass is 261 g/mol. The molecule has 2 N–H and O–H groups in total. The number of hydrogen-bond donors (Lipinski definition) is 2. The van der Waals surface area contributed by atoms with E-state index >= 15 is 0 Å². The summed E-state index contributed by atoms with van der Waals surface area (Å²) in [7, 11) is -4.02. The van der Waals surface area contributed by atoms with Gasteiger partial charge in [-0.3, -0.25) is 4.79 Å². The Morgan fingerprint density at radius 1 is 1.41 bits per heavy atom. The van der Waals surface area contributed by atoms with E-state index in [4.69, 9.17) is 5.11 Å². The minimum absolute atomic E-state index is 0.289. The second-order valence-corrected chi connectivity index (χ2v) is 5.36. The van der Waals surface area contributed by atoms with E-state index in [1.165, 1.54) is 19.1 Å². The molecule has 0 amide bonds. The number of hydrogen-bond acceptors (Lipinski definition) is 3. The molecule has 0 spiro atoms. The fraction of sp³-hybridized carbons (Fsp3) is 0.300. The van der Waals surface area contributed by atoms with Crippen molar-refractivity contribution in [1.29, 1.82) is 0 Å². The summed E-state index contributed by atoms with van der Waals surface area (Å²) in [6.45, 7) is 2.73. The Morgan fingerprint density at radius 3 is 2.47 bits per heavy atom. The van der Waals surface area contributed by atoms with E-state index in [1.807, 2.05) is 4.72 Å². The first-order chi connectivity index (χ1) is 7.72. The Bertz CT molecular complexity index is 521. The van der Waals surface area contributed by atoms with Crippen LogP contribution in [0.1, 0.15) is 12.5 Å². The highest BCUT2D eigenvalue weighted by molar-refractivity contribution is 7.89. The lowest BCUT2D eigenvalue weighted by Gasteiger charge is -2.10. The molecule has 0 fully saturated rings. The molecule has 0 saturated carbocycles. The largest absolute Gasteiger partial charge is 0.480 e. The van der Waals surface area contributed by atoms with E-state index in [9.17, 15) is 17.6 Å². The lowest BCUT2D eigenvalue weighted by Crippen LogP contribution is -2.38. The molecule has 0 bridgehead atoms. The summed E-state index contributed by atoms with van der Waals surface area (Å²) < 4.78 is 38.4. The van der Waals surface area contributed by atoms with Gasteiger partial charge in [-0.25, -0.2) is 12.8 Å². The van der Waals surface area contributed by atoms with Gasteiger partial charge in [0.2, 0.25) is 10.0 Å². The predicted octanol–water partition coefficient (Wildman–Crippen LogP) is 0.886. The molecule has 17 heavy (non-hydrogen) atoms. The van der Waals surface area contributed by atoms with E-state index in [-0.39, 0.29) is 4.90 Å². The Labute approximate surface area is 98.3 Å². The number of sulfonamides is 1. The van der Waals surface area contributed by atoms with Gasteiger partial charge in [0.25, 0.3) is 0 Å². The summed E-state index contributed by atoms with van der Waals surface area (Å²) in [5.41, 5.74) is 0.438. The Morgan fingerprint density at radius 2 is 2.00 bits per heavy atom. The first-order valence-electron chi connectivity index (χ1n) is 4.75. The fourth-order valence-electron chi connectivity index (χ4n) is 1.21. The van der Waals surface area contributed by atoms with E-state index in [0.29, 0.717) is 5.56 Å². The Balaban J connectivity index is 3.09. The molecule has 5 nitrogen and oxygen atoms in total. The zero-order valence-corrected chi connectivity index (χ0v) is 10.1. The van der Waals surface area contributed by atoms with Crippen molar-refractivity contribution in [2.75, 3.05) is 0 Å². The van der Waals surface area contributed by atoms with Crippen LogP contribution in [0.15, 0.2) is 23.1 Å². The van der Waals surface area contributed by atoms with Crippen molar-refractivity contribution >= 4 is 16.0 Å². The van der Waals surface area contributed by atoms with Gasteiger partial charge < -0.3 is 5.11 Å². The van der Waals surface area contributed by atoms with Gasteiger partial charge in [0.1, 0.15) is 11.9 Å². The number of carboxylic acids is 1. The van der Waals surface area contributed by atoms with E-state index in [1.54, 1.807) is 6.92 Å². The quantitative estimate of drug-likeness (QED) is 0.843. The van der Waals surface area contributed by atoms with Crippen LogP contribution in [0.25, 0.3) is 0 Å². The number of rotatable bonds is 4. The molecule has 1 aromatic rings. The molecule has 0 aliphatic carbocycles. The molecular weight excluding hydrogens is 249 g/mol. The first kappa shape index (κ1) is 13.6. The standard InChI is InChI=1S/C10H12FNO4S/c1-6-3-8(11)5-9(4-6)17(15,16)12-7(2)10(13)14/h3-5,7,12H,1-2H3,(H,13,14). The third kappa shape index (κ3) is 3.50. The fourth-order valence-corrected chi connectivity index (χ4v) is 2.52. The Kier molecular flexibility index (Phi) is 3.84. The summed E-state index contributed by atoms with van der Waals surface area (Å²) >= 11 is 0. The average molecular weight is 261 g/mol. The van der Waals surface area contributed by atoms with Crippen LogP contribution in [0.2, 0.25) is 0 Å². The van der Waals surface area contributed by atoms with Crippen molar-refractivity contribution in [3.05, 3.63) is 29.6 Å². The lowest BCUT2D eigenvalue weighted by molar-refractivity contribution is -0.138. The number of carboxylic acid groups (broad SMARTS) is 1. The molecule has 1 atom stereocenters. The third-order valence-corrected chi connectivity index (χ3v) is 3.55. The molecule has 0 aromatic heterocycles. The molecule has 0 aliphatic heterocycles. The first-order valence-corrected chi connectivity index (χ1v) is 6.23. The minimum atomic E-state index is -4.02. The molecule has 94 valence electrons. The van der Waals surface area contributed by atoms with Gasteiger partial charge in [-0.1, -0.05) is 0 Å². The molecule has 7 heteroatoms. The van der Waals surface area contributed by atoms with Crippen molar-refractivity contribution in [3.8, 4) is 0 Å². The molecule has 0 radical (unpaired) electrons. The molecule has 1 rings (SSSR count). The summed E-state index contributed by atoms with van der Waals surface area (Å²) in [4.78, 5) is 10.3. The zero-order valence-electron chi connectivity index (χ0n) is 9.27. The second kappa shape index (κ2) is 4.80. The van der Waals surface area contributed by atoms with Crippen molar-refractivity contribution < 1.29 is 22.7 Å². The summed E-state index contributed by atoms with van der Waals surface area (Å²) in [6, 6.07) is 2.01. The molecule has 1 aromatic carbocycles. The maximum absolute atomic E-state index is 13.0. The summed E-state index contributed by atoms with van der Waals surface area (Å²) in [5, 5.41) is 8.60. The number of aryl methyl sites for hydroxylation is 1. The molecule has 0 saturated heterocycles.